The molecule has 0 bridgehead atoms. The summed E-state index contributed by atoms with van der Waals surface area (Å²) in [4.78, 5) is 13.6. The molecular formula is C26H28N2O4. The number of fused-ring (bicyclic) bond motifs is 1. The van der Waals surface area contributed by atoms with Gasteiger partial charge in [-0.25, -0.2) is 4.79 Å². The molecule has 0 aromatic heterocycles. The number of hydrogen-bond donors (Lipinski definition) is 2. The van der Waals surface area contributed by atoms with E-state index >= 15 is 0 Å². The SMILES string of the molecule is COc1cccc([C@@H](C)NCC2CN(c3ccc(C(=O)O)c(C)c3)c3ccccc3O2)c1. The summed E-state index contributed by atoms with van der Waals surface area (Å²) in [7, 11) is 1.67. The van der Waals surface area contributed by atoms with Gasteiger partial charge >= 0.3 is 5.97 Å². The largest absolute Gasteiger partial charge is 0.497 e. The van der Waals surface area contributed by atoms with Gasteiger partial charge in [0, 0.05) is 18.3 Å². The minimum atomic E-state index is -0.912. The number of para-hydroxylation sites is 2. The van der Waals surface area contributed by atoms with Crippen LogP contribution in [0.25, 0.3) is 0 Å². The van der Waals surface area contributed by atoms with Gasteiger partial charge in [0.05, 0.1) is 24.9 Å². The molecule has 0 radical (unpaired) electrons. The fourth-order valence-corrected chi connectivity index (χ4v) is 4.04. The third-order valence-electron chi connectivity index (χ3n) is 5.83. The standard InChI is InChI=1S/C26H28N2O4/c1-17-13-20(11-12-23(17)26(29)30)28-16-22(32-25-10-5-4-9-24(25)28)15-27-18(2)19-7-6-8-21(14-19)31-3/h4-14,18,22,27H,15-16H2,1-3H3,(H,29,30)/t18-,22?/m1/s1. The second-order valence-corrected chi connectivity index (χ2v) is 8.03. The maximum atomic E-state index is 11.4. The Morgan fingerprint density at radius 2 is 2.00 bits per heavy atom. The molecule has 2 N–H and O–H groups in total. The van der Waals surface area contributed by atoms with E-state index in [1.165, 1.54) is 0 Å². The van der Waals surface area contributed by atoms with Crippen LogP contribution in [0, 0.1) is 6.92 Å². The highest BCUT2D eigenvalue weighted by Crippen LogP contribution is 2.38. The monoisotopic (exact) mass is 432 g/mol. The lowest BCUT2D eigenvalue weighted by molar-refractivity contribution is 0.0696. The third-order valence-corrected chi connectivity index (χ3v) is 5.83. The number of carboxylic acid groups (broad SMARTS) is 1. The number of carboxylic acids is 1. The molecule has 3 aromatic carbocycles. The summed E-state index contributed by atoms with van der Waals surface area (Å²) in [5.74, 6) is 0.745. The lowest BCUT2D eigenvalue weighted by atomic mass is 10.1. The molecule has 4 rings (SSSR count). The maximum absolute atomic E-state index is 11.4. The Labute approximate surface area is 188 Å². The lowest BCUT2D eigenvalue weighted by Gasteiger charge is -2.37. The first-order valence-corrected chi connectivity index (χ1v) is 10.7. The zero-order valence-corrected chi connectivity index (χ0v) is 18.5. The number of nitrogens with one attached hydrogen (secondary N) is 1. The van der Waals surface area contributed by atoms with Gasteiger partial charge in [0.25, 0.3) is 0 Å². The zero-order chi connectivity index (χ0) is 22.7. The molecule has 6 nitrogen and oxygen atoms in total. The molecule has 0 aliphatic carbocycles. The summed E-state index contributed by atoms with van der Waals surface area (Å²) in [6.45, 7) is 5.27. The summed E-state index contributed by atoms with van der Waals surface area (Å²) in [6, 6.07) is 21.6. The number of rotatable bonds is 7. The van der Waals surface area contributed by atoms with Crippen LogP contribution in [0.5, 0.6) is 11.5 Å². The minimum absolute atomic E-state index is 0.0718. The van der Waals surface area contributed by atoms with Crippen LogP contribution in [0.3, 0.4) is 0 Å². The van der Waals surface area contributed by atoms with Gasteiger partial charge in [-0.05, 0) is 67.4 Å². The van der Waals surface area contributed by atoms with E-state index in [0.29, 0.717) is 18.7 Å². The van der Waals surface area contributed by atoms with Crippen molar-refractivity contribution in [1.29, 1.82) is 0 Å². The van der Waals surface area contributed by atoms with Gasteiger partial charge in [-0.1, -0.05) is 24.3 Å². The quantitative estimate of drug-likeness (QED) is 0.550. The smallest absolute Gasteiger partial charge is 0.335 e. The topological polar surface area (TPSA) is 71.0 Å². The number of nitrogens with zero attached hydrogens (tertiary/aromatic N) is 1. The first-order chi connectivity index (χ1) is 15.5. The highest BCUT2D eigenvalue weighted by Gasteiger charge is 2.27. The van der Waals surface area contributed by atoms with Crippen LogP contribution in [-0.4, -0.2) is 37.4 Å². The van der Waals surface area contributed by atoms with Gasteiger partial charge < -0.3 is 24.8 Å². The van der Waals surface area contributed by atoms with Gasteiger partial charge in [0.1, 0.15) is 17.6 Å². The summed E-state index contributed by atoms with van der Waals surface area (Å²) in [6.07, 6.45) is -0.0718. The van der Waals surface area contributed by atoms with Gasteiger partial charge in [-0.15, -0.1) is 0 Å². The third kappa shape index (κ3) is 4.55. The number of methoxy groups -OCH3 is 1. The van der Waals surface area contributed by atoms with E-state index in [1.807, 2.05) is 61.5 Å². The molecule has 166 valence electrons. The molecule has 0 amide bonds. The predicted octanol–water partition coefficient (Wildman–Crippen LogP) is 4.95. The minimum Gasteiger partial charge on any atom is -0.497 e. The molecule has 0 saturated carbocycles. The molecule has 0 spiro atoms. The number of aromatic carboxylic acids is 1. The first-order valence-electron chi connectivity index (χ1n) is 10.7. The fraction of sp³-hybridized carbons (Fsp3) is 0.269. The zero-order valence-electron chi connectivity index (χ0n) is 18.5. The van der Waals surface area contributed by atoms with Crippen LogP contribution in [0.2, 0.25) is 0 Å². The first kappa shape index (κ1) is 21.7. The molecule has 1 heterocycles. The van der Waals surface area contributed by atoms with E-state index < -0.39 is 5.97 Å². The Kier molecular flexibility index (Phi) is 6.32. The Bertz CT molecular complexity index is 1110. The highest BCUT2D eigenvalue weighted by molar-refractivity contribution is 5.90. The normalized spacial score (nSPS) is 16.1. The van der Waals surface area contributed by atoms with E-state index in [0.717, 1.165) is 34.0 Å². The second kappa shape index (κ2) is 9.32. The Hall–Kier alpha value is -3.51. The van der Waals surface area contributed by atoms with E-state index in [4.69, 9.17) is 9.47 Å². The van der Waals surface area contributed by atoms with Crippen molar-refractivity contribution in [3.05, 3.63) is 83.4 Å². The second-order valence-electron chi connectivity index (χ2n) is 8.03. The lowest BCUT2D eigenvalue weighted by Crippen LogP contribution is -2.44. The summed E-state index contributed by atoms with van der Waals surface area (Å²) in [5.41, 5.74) is 4.14. The van der Waals surface area contributed by atoms with Crippen LogP contribution in [-0.2, 0) is 0 Å². The molecule has 1 unspecified atom stereocenters. The number of anilines is 2. The molecule has 0 saturated heterocycles. The van der Waals surface area contributed by atoms with Crippen LogP contribution in [0.4, 0.5) is 11.4 Å². The van der Waals surface area contributed by atoms with Crippen LogP contribution < -0.4 is 19.7 Å². The van der Waals surface area contributed by atoms with Crippen molar-refractivity contribution in [2.75, 3.05) is 25.1 Å². The van der Waals surface area contributed by atoms with Crippen LogP contribution in [0.15, 0.2) is 66.7 Å². The Morgan fingerprint density at radius 3 is 2.75 bits per heavy atom. The van der Waals surface area contributed by atoms with Gasteiger partial charge in [-0.2, -0.15) is 0 Å². The number of carbonyl (C=O) groups is 1. The van der Waals surface area contributed by atoms with Gasteiger partial charge in [0.2, 0.25) is 0 Å². The van der Waals surface area contributed by atoms with Crippen molar-refractivity contribution >= 4 is 17.3 Å². The maximum Gasteiger partial charge on any atom is 0.335 e. The molecule has 0 fully saturated rings. The van der Waals surface area contributed by atoms with Gasteiger partial charge in [-0.3, -0.25) is 0 Å². The molecule has 1 aliphatic rings. The van der Waals surface area contributed by atoms with E-state index in [2.05, 4.69) is 23.2 Å². The van der Waals surface area contributed by atoms with Crippen molar-refractivity contribution in [2.24, 2.45) is 0 Å². The van der Waals surface area contributed by atoms with Crippen molar-refractivity contribution in [3.63, 3.8) is 0 Å². The van der Waals surface area contributed by atoms with E-state index in [-0.39, 0.29) is 12.1 Å². The molecule has 32 heavy (non-hydrogen) atoms. The molecule has 3 aromatic rings. The number of benzene rings is 3. The molecule has 6 heteroatoms. The average molecular weight is 433 g/mol. The van der Waals surface area contributed by atoms with Gasteiger partial charge in [0.15, 0.2) is 0 Å². The van der Waals surface area contributed by atoms with Crippen molar-refractivity contribution in [1.82, 2.24) is 5.32 Å². The van der Waals surface area contributed by atoms with Crippen LogP contribution in [0.1, 0.15) is 34.5 Å². The fourth-order valence-electron chi connectivity index (χ4n) is 4.04. The van der Waals surface area contributed by atoms with Crippen molar-refractivity contribution in [2.45, 2.75) is 26.0 Å². The summed E-state index contributed by atoms with van der Waals surface area (Å²) >= 11 is 0. The van der Waals surface area contributed by atoms with Crippen LogP contribution >= 0.6 is 0 Å². The molecule has 2 atom stereocenters. The highest BCUT2D eigenvalue weighted by atomic mass is 16.5. The Morgan fingerprint density at radius 1 is 1.19 bits per heavy atom. The summed E-state index contributed by atoms with van der Waals surface area (Å²) in [5, 5.41) is 12.9. The number of aryl methyl sites for hydroxylation is 1. The molecular weight excluding hydrogens is 404 g/mol. The van der Waals surface area contributed by atoms with Crippen molar-refractivity contribution in [3.8, 4) is 11.5 Å². The number of hydrogen-bond acceptors (Lipinski definition) is 5. The molecule has 1 aliphatic heterocycles. The summed E-state index contributed by atoms with van der Waals surface area (Å²) < 4.78 is 11.6. The average Bonchev–Trinajstić information content (AvgIpc) is 2.81. The van der Waals surface area contributed by atoms with Crippen molar-refractivity contribution < 1.29 is 19.4 Å². The Balaban J connectivity index is 1.53. The van der Waals surface area contributed by atoms with E-state index in [1.54, 1.807) is 13.2 Å². The predicted molar refractivity (Wildman–Crippen MR) is 125 cm³/mol. The van der Waals surface area contributed by atoms with E-state index in [9.17, 15) is 9.90 Å². The number of ether oxygens (including phenoxy) is 2.